The summed E-state index contributed by atoms with van der Waals surface area (Å²) >= 11 is 1.47. The van der Waals surface area contributed by atoms with Crippen molar-refractivity contribution in [2.75, 3.05) is 6.54 Å². The highest BCUT2D eigenvalue weighted by Crippen LogP contribution is 2.28. The van der Waals surface area contributed by atoms with Gasteiger partial charge in [0.15, 0.2) is 0 Å². The molecular weight excluding hydrogens is 351 g/mol. The number of nitrogens with zero attached hydrogens (tertiary/aromatic N) is 1. The Morgan fingerprint density at radius 2 is 2.00 bits per heavy atom. The van der Waals surface area contributed by atoms with Gasteiger partial charge in [-0.2, -0.15) is 13.2 Å². The fourth-order valence-electron chi connectivity index (χ4n) is 1.89. The zero-order chi connectivity index (χ0) is 18.4. The molecule has 25 heavy (non-hydrogen) atoms. The van der Waals surface area contributed by atoms with Crippen LogP contribution in [0.5, 0.6) is 0 Å². The number of urea groups is 1. The predicted octanol–water partition coefficient (Wildman–Crippen LogP) is 3.88. The number of nitrogens with one attached hydrogen (secondary N) is 2. The Balaban J connectivity index is 1.80. The van der Waals surface area contributed by atoms with Crippen molar-refractivity contribution in [1.82, 2.24) is 15.6 Å². The van der Waals surface area contributed by atoms with Gasteiger partial charge in [0.25, 0.3) is 0 Å². The van der Waals surface area contributed by atoms with Crippen LogP contribution in [0.1, 0.15) is 34.8 Å². The van der Waals surface area contributed by atoms with E-state index in [2.05, 4.69) is 27.5 Å². The van der Waals surface area contributed by atoms with E-state index in [1.54, 1.807) is 0 Å². The Hall–Kier alpha value is -2.53. The number of hydrogen-bond donors (Lipinski definition) is 2. The van der Waals surface area contributed by atoms with Crippen molar-refractivity contribution in [3.8, 4) is 11.8 Å². The van der Waals surface area contributed by atoms with Crippen LogP contribution in [-0.2, 0) is 6.18 Å². The molecule has 0 aliphatic carbocycles. The van der Waals surface area contributed by atoms with Gasteiger partial charge in [-0.05, 0) is 38.1 Å². The fourth-order valence-corrected chi connectivity index (χ4v) is 2.70. The summed E-state index contributed by atoms with van der Waals surface area (Å²) < 4.78 is 37.3. The first-order valence-electron chi connectivity index (χ1n) is 7.38. The molecular formula is C17H16F3N3OS. The third-order valence-corrected chi connectivity index (χ3v) is 4.28. The minimum absolute atomic E-state index is 0.0798. The Morgan fingerprint density at radius 1 is 1.32 bits per heavy atom. The van der Waals surface area contributed by atoms with Gasteiger partial charge in [0.05, 0.1) is 18.2 Å². The number of halogens is 3. The molecule has 1 heterocycles. The van der Waals surface area contributed by atoms with Crippen molar-refractivity contribution in [3.63, 3.8) is 0 Å². The molecule has 1 atom stereocenters. The summed E-state index contributed by atoms with van der Waals surface area (Å²) in [6, 6.07) is 3.93. The van der Waals surface area contributed by atoms with Crippen LogP contribution in [0.2, 0.25) is 0 Å². The van der Waals surface area contributed by atoms with Gasteiger partial charge >= 0.3 is 12.2 Å². The molecule has 0 bridgehead atoms. The summed E-state index contributed by atoms with van der Waals surface area (Å²) in [4.78, 5) is 16.1. The van der Waals surface area contributed by atoms with E-state index >= 15 is 0 Å². The molecule has 0 saturated heterocycles. The van der Waals surface area contributed by atoms with E-state index in [0.29, 0.717) is 5.56 Å². The predicted molar refractivity (Wildman–Crippen MR) is 90.1 cm³/mol. The molecule has 0 aliphatic rings. The van der Waals surface area contributed by atoms with Crippen molar-refractivity contribution in [1.29, 1.82) is 0 Å². The van der Waals surface area contributed by atoms with E-state index in [1.807, 2.05) is 19.2 Å². The van der Waals surface area contributed by atoms with E-state index in [1.165, 1.54) is 23.5 Å². The maximum Gasteiger partial charge on any atom is 0.416 e. The van der Waals surface area contributed by atoms with Crippen molar-refractivity contribution in [2.24, 2.45) is 0 Å². The first-order chi connectivity index (χ1) is 11.8. The molecule has 132 valence electrons. The van der Waals surface area contributed by atoms with E-state index in [0.717, 1.165) is 22.8 Å². The molecule has 0 fully saturated rings. The molecule has 2 N–H and O–H groups in total. The highest BCUT2D eigenvalue weighted by Gasteiger charge is 2.29. The molecule has 2 amide bonds. The normalized spacial score (nSPS) is 12.0. The molecule has 2 rings (SSSR count). The summed E-state index contributed by atoms with van der Waals surface area (Å²) in [6.07, 6.45) is -4.36. The zero-order valence-electron chi connectivity index (χ0n) is 13.6. The Morgan fingerprint density at radius 3 is 2.56 bits per heavy atom. The second-order valence-electron chi connectivity index (χ2n) is 5.25. The lowest BCUT2D eigenvalue weighted by atomic mass is 10.1. The monoisotopic (exact) mass is 367 g/mol. The summed E-state index contributed by atoms with van der Waals surface area (Å²) in [5.74, 6) is 5.39. The number of carbonyl (C=O) groups excluding carboxylic acids is 1. The van der Waals surface area contributed by atoms with Crippen LogP contribution in [-0.4, -0.2) is 17.6 Å². The average Bonchev–Trinajstić information content (AvgIpc) is 2.98. The number of aromatic nitrogens is 1. The zero-order valence-corrected chi connectivity index (χ0v) is 14.4. The molecule has 1 aromatic heterocycles. The Kier molecular flexibility index (Phi) is 6.04. The van der Waals surface area contributed by atoms with Crippen LogP contribution in [0.25, 0.3) is 0 Å². The first-order valence-corrected chi connectivity index (χ1v) is 8.26. The quantitative estimate of drug-likeness (QED) is 0.809. The van der Waals surface area contributed by atoms with Gasteiger partial charge in [-0.15, -0.1) is 11.3 Å². The van der Waals surface area contributed by atoms with Crippen LogP contribution >= 0.6 is 11.3 Å². The maximum atomic E-state index is 12.4. The van der Waals surface area contributed by atoms with Gasteiger partial charge in [0, 0.05) is 16.6 Å². The number of alkyl halides is 3. The number of hydrogen-bond acceptors (Lipinski definition) is 3. The Bertz CT molecular complexity index is 788. The minimum atomic E-state index is -4.36. The molecule has 0 unspecified atom stereocenters. The highest BCUT2D eigenvalue weighted by atomic mass is 32.1. The second-order valence-corrected chi connectivity index (χ2v) is 6.14. The van der Waals surface area contributed by atoms with Crippen molar-refractivity contribution >= 4 is 17.4 Å². The van der Waals surface area contributed by atoms with Gasteiger partial charge in [0.2, 0.25) is 0 Å². The second kappa shape index (κ2) is 8.03. The first kappa shape index (κ1) is 18.8. The maximum absolute atomic E-state index is 12.4. The van der Waals surface area contributed by atoms with E-state index in [4.69, 9.17) is 0 Å². The molecule has 0 radical (unpaired) electrons. The van der Waals surface area contributed by atoms with Crippen molar-refractivity contribution in [2.45, 2.75) is 26.1 Å². The fraction of sp³-hybridized carbons (Fsp3) is 0.294. The molecule has 0 saturated carbocycles. The van der Waals surface area contributed by atoms with Gasteiger partial charge in [-0.1, -0.05) is 11.8 Å². The van der Waals surface area contributed by atoms with E-state index < -0.39 is 11.7 Å². The summed E-state index contributed by atoms with van der Waals surface area (Å²) in [5.41, 5.74) is 0.625. The highest BCUT2D eigenvalue weighted by molar-refractivity contribution is 7.09. The number of carbonyl (C=O) groups is 1. The summed E-state index contributed by atoms with van der Waals surface area (Å²) in [6.45, 7) is 3.78. The lowest BCUT2D eigenvalue weighted by molar-refractivity contribution is -0.137. The smallest absolute Gasteiger partial charge is 0.329 e. The summed E-state index contributed by atoms with van der Waals surface area (Å²) in [7, 11) is 0. The van der Waals surface area contributed by atoms with Crippen molar-refractivity contribution in [3.05, 3.63) is 51.5 Å². The van der Waals surface area contributed by atoms with Crippen LogP contribution < -0.4 is 10.6 Å². The minimum Gasteiger partial charge on any atom is -0.329 e. The molecule has 2 aromatic rings. The van der Waals surface area contributed by atoms with Crippen LogP contribution in [0, 0.1) is 18.8 Å². The molecule has 1 aromatic carbocycles. The average molecular weight is 367 g/mol. The van der Waals surface area contributed by atoms with Gasteiger partial charge in [-0.25, -0.2) is 9.78 Å². The van der Waals surface area contributed by atoms with Crippen LogP contribution in [0.3, 0.4) is 0 Å². The molecule has 0 spiro atoms. The largest absolute Gasteiger partial charge is 0.416 e. The van der Waals surface area contributed by atoms with Crippen molar-refractivity contribution < 1.29 is 18.0 Å². The number of amides is 2. The van der Waals surface area contributed by atoms with Gasteiger partial charge < -0.3 is 10.6 Å². The Labute approximate surface area is 147 Å². The van der Waals surface area contributed by atoms with Crippen LogP contribution in [0.4, 0.5) is 18.0 Å². The SMILES string of the molecule is Cc1csc([C@H](C)NC(=O)NCC#Cc2ccc(C(F)(F)F)cc2)n1. The topological polar surface area (TPSA) is 54.0 Å². The lowest BCUT2D eigenvalue weighted by Gasteiger charge is -2.11. The van der Waals surface area contributed by atoms with E-state index in [9.17, 15) is 18.0 Å². The number of aryl methyl sites for hydroxylation is 1. The standard InChI is InChI=1S/C17H16F3N3OS/c1-11-10-25-15(22-11)12(2)23-16(24)21-9-3-4-13-5-7-14(8-6-13)17(18,19)20/h5-8,10,12H,9H2,1-2H3,(H2,21,23,24)/t12-/m0/s1. The molecule has 8 heteroatoms. The number of thiazole rings is 1. The lowest BCUT2D eigenvalue weighted by Crippen LogP contribution is -2.37. The van der Waals surface area contributed by atoms with Gasteiger partial charge in [0.1, 0.15) is 5.01 Å². The van der Waals surface area contributed by atoms with Gasteiger partial charge in [-0.3, -0.25) is 0 Å². The van der Waals surface area contributed by atoms with E-state index in [-0.39, 0.29) is 18.6 Å². The molecule has 4 nitrogen and oxygen atoms in total. The van der Waals surface area contributed by atoms with Crippen LogP contribution in [0.15, 0.2) is 29.6 Å². The molecule has 0 aliphatic heterocycles. The summed E-state index contributed by atoms with van der Waals surface area (Å²) in [5, 5.41) is 8.02. The third kappa shape index (κ3) is 5.80. The number of benzene rings is 1. The number of rotatable bonds is 3. The third-order valence-electron chi connectivity index (χ3n) is 3.14.